The highest BCUT2D eigenvalue weighted by Crippen LogP contribution is 2.29. The zero-order valence-electron chi connectivity index (χ0n) is 9.18. The first-order valence-electron chi connectivity index (χ1n) is 5.51. The lowest BCUT2D eigenvalue weighted by Gasteiger charge is -2.33. The van der Waals surface area contributed by atoms with E-state index in [-0.39, 0.29) is 12.0 Å². The first-order valence-corrected chi connectivity index (χ1v) is 5.51. The molecule has 1 fully saturated rings. The van der Waals surface area contributed by atoms with Crippen LogP contribution in [0.25, 0.3) is 0 Å². The van der Waals surface area contributed by atoms with Crippen molar-refractivity contribution in [2.45, 2.75) is 32.2 Å². The quantitative estimate of drug-likeness (QED) is 0.801. The summed E-state index contributed by atoms with van der Waals surface area (Å²) >= 11 is 0. The van der Waals surface area contributed by atoms with Gasteiger partial charge < -0.3 is 10.4 Å². The summed E-state index contributed by atoms with van der Waals surface area (Å²) in [4.78, 5) is 10.6. The predicted octanol–water partition coefficient (Wildman–Crippen LogP) is 1.31. The summed E-state index contributed by atoms with van der Waals surface area (Å²) in [5, 5.41) is 20.0. The Morgan fingerprint density at radius 1 is 1.50 bits per heavy atom. The van der Waals surface area contributed by atoms with Crippen LogP contribution in [0.3, 0.4) is 0 Å². The number of nitrogens with zero attached hydrogens (tertiary/aromatic N) is 2. The minimum Gasteiger partial charge on any atom is -0.481 e. The lowest BCUT2D eigenvalue weighted by molar-refractivity contribution is -0.144. The van der Waals surface area contributed by atoms with E-state index in [1.54, 1.807) is 0 Å². The Hall–Kier alpha value is -1.65. The maximum absolute atomic E-state index is 10.6. The third-order valence-corrected chi connectivity index (χ3v) is 2.92. The van der Waals surface area contributed by atoms with Crippen molar-refractivity contribution in [1.29, 1.82) is 0 Å². The largest absolute Gasteiger partial charge is 0.481 e. The molecule has 1 aromatic heterocycles. The maximum Gasteiger partial charge on any atom is 0.306 e. The zero-order chi connectivity index (χ0) is 11.5. The van der Waals surface area contributed by atoms with Gasteiger partial charge in [-0.05, 0) is 31.4 Å². The van der Waals surface area contributed by atoms with Crippen molar-refractivity contribution in [3.63, 3.8) is 0 Å². The Morgan fingerprint density at radius 2 is 2.25 bits per heavy atom. The van der Waals surface area contributed by atoms with E-state index in [1.165, 1.54) is 0 Å². The zero-order valence-corrected chi connectivity index (χ0v) is 9.18. The number of aryl methyl sites for hydroxylation is 1. The van der Waals surface area contributed by atoms with Crippen LogP contribution in [0.1, 0.15) is 25.5 Å². The van der Waals surface area contributed by atoms with Gasteiger partial charge in [0.2, 0.25) is 0 Å². The fourth-order valence-corrected chi connectivity index (χ4v) is 1.77. The molecule has 1 aliphatic rings. The Kier molecular flexibility index (Phi) is 3.03. The fourth-order valence-electron chi connectivity index (χ4n) is 1.77. The Balaban J connectivity index is 1.84. The van der Waals surface area contributed by atoms with Gasteiger partial charge >= 0.3 is 5.97 Å². The number of hydrogen-bond acceptors (Lipinski definition) is 4. The Labute approximate surface area is 93.9 Å². The van der Waals surface area contributed by atoms with Crippen molar-refractivity contribution >= 4 is 11.8 Å². The van der Waals surface area contributed by atoms with Crippen LogP contribution in [0.5, 0.6) is 0 Å². The third-order valence-electron chi connectivity index (χ3n) is 2.92. The van der Waals surface area contributed by atoms with Gasteiger partial charge in [0.05, 0.1) is 11.6 Å². The molecular formula is C11H15N3O2. The summed E-state index contributed by atoms with van der Waals surface area (Å²) in [5.74, 6) is -0.170. The second-order valence-electron chi connectivity index (χ2n) is 4.11. The van der Waals surface area contributed by atoms with Gasteiger partial charge in [-0.25, -0.2) is 0 Å². The molecule has 86 valence electrons. The smallest absolute Gasteiger partial charge is 0.306 e. The van der Waals surface area contributed by atoms with Crippen LogP contribution in [0.15, 0.2) is 12.1 Å². The lowest BCUT2D eigenvalue weighted by atomic mass is 9.80. The van der Waals surface area contributed by atoms with Gasteiger partial charge in [0.25, 0.3) is 0 Å². The number of carboxylic acids is 1. The summed E-state index contributed by atoms with van der Waals surface area (Å²) < 4.78 is 0. The number of nitrogens with one attached hydrogen (secondary N) is 1. The highest BCUT2D eigenvalue weighted by atomic mass is 16.4. The standard InChI is InChI=1S/C11H15N3O2/c1-2-8-3-4-10(14-13-8)12-9-5-7(6-9)11(15)16/h3-4,7,9H,2,5-6H2,1H3,(H,12,14)(H,15,16). The highest BCUT2D eigenvalue weighted by Gasteiger charge is 2.34. The van der Waals surface area contributed by atoms with Crippen molar-refractivity contribution in [3.8, 4) is 0 Å². The SMILES string of the molecule is CCc1ccc(NC2CC(C(=O)O)C2)nn1. The van der Waals surface area contributed by atoms with Crippen LogP contribution >= 0.6 is 0 Å². The van der Waals surface area contributed by atoms with Crippen LogP contribution in [0.4, 0.5) is 5.82 Å². The van der Waals surface area contributed by atoms with E-state index < -0.39 is 5.97 Å². The molecule has 16 heavy (non-hydrogen) atoms. The molecular weight excluding hydrogens is 206 g/mol. The van der Waals surface area contributed by atoms with Gasteiger partial charge in [-0.1, -0.05) is 6.92 Å². The number of anilines is 1. The molecule has 1 aliphatic carbocycles. The summed E-state index contributed by atoms with van der Waals surface area (Å²) in [5.41, 5.74) is 0.961. The van der Waals surface area contributed by atoms with Gasteiger partial charge in [-0.3, -0.25) is 4.79 Å². The van der Waals surface area contributed by atoms with Gasteiger partial charge in [0.15, 0.2) is 0 Å². The van der Waals surface area contributed by atoms with Gasteiger partial charge in [-0.2, -0.15) is 5.10 Å². The van der Waals surface area contributed by atoms with Gasteiger partial charge in [0.1, 0.15) is 5.82 Å². The van der Waals surface area contributed by atoms with Crippen molar-refractivity contribution in [1.82, 2.24) is 10.2 Å². The van der Waals surface area contributed by atoms with Crippen molar-refractivity contribution in [2.24, 2.45) is 5.92 Å². The van der Waals surface area contributed by atoms with Crippen molar-refractivity contribution in [3.05, 3.63) is 17.8 Å². The van der Waals surface area contributed by atoms with E-state index in [4.69, 9.17) is 5.11 Å². The van der Waals surface area contributed by atoms with E-state index in [1.807, 2.05) is 19.1 Å². The molecule has 5 heteroatoms. The molecule has 0 unspecified atom stereocenters. The van der Waals surface area contributed by atoms with Crippen LogP contribution in [-0.2, 0) is 11.2 Å². The molecule has 0 atom stereocenters. The van der Waals surface area contributed by atoms with Crippen molar-refractivity contribution < 1.29 is 9.90 Å². The van der Waals surface area contributed by atoms with Gasteiger partial charge in [0, 0.05) is 6.04 Å². The van der Waals surface area contributed by atoms with Crippen LogP contribution < -0.4 is 5.32 Å². The number of carboxylic acid groups (broad SMARTS) is 1. The fraction of sp³-hybridized carbons (Fsp3) is 0.545. The predicted molar refractivity (Wildman–Crippen MR) is 59.2 cm³/mol. The van der Waals surface area contributed by atoms with E-state index in [0.29, 0.717) is 12.8 Å². The lowest BCUT2D eigenvalue weighted by Crippen LogP contribution is -2.39. The first kappa shape index (κ1) is 10.9. The second-order valence-corrected chi connectivity index (χ2v) is 4.11. The van der Waals surface area contributed by atoms with Crippen molar-refractivity contribution in [2.75, 3.05) is 5.32 Å². The van der Waals surface area contributed by atoms with Crippen LogP contribution in [0.2, 0.25) is 0 Å². The summed E-state index contributed by atoms with van der Waals surface area (Å²) in [6.45, 7) is 2.03. The third kappa shape index (κ3) is 2.29. The van der Waals surface area contributed by atoms with E-state index >= 15 is 0 Å². The first-order chi connectivity index (χ1) is 7.69. The molecule has 2 N–H and O–H groups in total. The number of carbonyl (C=O) groups is 1. The topological polar surface area (TPSA) is 75.1 Å². The summed E-state index contributed by atoms with van der Waals surface area (Å²) in [7, 11) is 0. The van der Waals surface area contributed by atoms with E-state index in [2.05, 4.69) is 15.5 Å². The number of aliphatic carboxylic acids is 1. The monoisotopic (exact) mass is 221 g/mol. The molecule has 1 heterocycles. The molecule has 0 aliphatic heterocycles. The molecule has 0 saturated heterocycles. The Morgan fingerprint density at radius 3 is 2.75 bits per heavy atom. The average molecular weight is 221 g/mol. The van der Waals surface area contributed by atoms with E-state index in [0.717, 1.165) is 17.9 Å². The second kappa shape index (κ2) is 4.47. The molecule has 0 spiro atoms. The molecule has 0 aromatic carbocycles. The normalized spacial score (nSPS) is 23.6. The number of aromatic nitrogens is 2. The molecule has 5 nitrogen and oxygen atoms in total. The molecule has 0 radical (unpaired) electrons. The molecule has 1 saturated carbocycles. The minimum absolute atomic E-state index is 0.194. The Bertz CT molecular complexity index is 371. The van der Waals surface area contributed by atoms with Crippen LogP contribution in [-0.4, -0.2) is 27.3 Å². The van der Waals surface area contributed by atoms with Gasteiger partial charge in [-0.15, -0.1) is 5.10 Å². The van der Waals surface area contributed by atoms with Crippen LogP contribution in [0, 0.1) is 5.92 Å². The average Bonchev–Trinajstić information content (AvgIpc) is 2.23. The molecule has 2 rings (SSSR count). The maximum atomic E-state index is 10.6. The van der Waals surface area contributed by atoms with E-state index in [9.17, 15) is 4.79 Å². The minimum atomic E-state index is -0.703. The molecule has 1 aromatic rings. The number of hydrogen-bond donors (Lipinski definition) is 2. The number of rotatable bonds is 4. The molecule has 0 amide bonds. The molecule has 0 bridgehead atoms. The summed E-state index contributed by atoms with van der Waals surface area (Å²) in [6.07, 6.45) is 2.22. The highest BCUT2D eigenvalue weighted by molar-refractivity contribution is 5.71. The summed E-state index contributed by atoms with van der Waals surface area (Å²) in [6, 6.07) is 4.05.